The van der Waals surface area contributed by atoms with Gasteiger partial charge in [0.2, 0.25) is 0 Å². The Labute approximate surface area is 502 Å². The molecule has 16 nitrogen and oxygen atoms in total. The van der Waals surface area contributed by atoms with E-state index in [2.05, 4.69) is 103 Å². The Morgan fingerprint density at radius 3 is 0.976 bits per heavy atom. The first kappa shape index (κ1) is 69.3. The zero-order chi connectivity index (χ0) is 61.9. The van der Waals surface area contributed by atoms with Gasteiger partial charge in [-0.05, 0) is 176 Å². The number of carbonyl (C=O) groups is 4. The van der Waals surface area contributed by atoms with E-state index in [9.17, 15) is 19.2 Å². The fourth-order valence-electron chi connectivity index (χ4n) is 9.74. The fourth-order valence-corrected chi connectivity index (χ4v) is 9.74. The second kappa shape index (κ2) is 35.8. The summed E-state index contributed by atoms with van der Waals surface area (Å²) in [7, 11) is 15.6. The standard InChI is InChI=1S/C68H98N8O8/c1-17-20-50-32-49(8)65(81-43-61(77)69-22-26-73(9)10)55(33-50)40-59-38-53(31-48(6)7)39-60(68(59)84-46-64(80)72-25-29-76(15)16)42-57-35-51(21-18-2)34-56(67(57)83-45-63(79)71-24-28-75(13)14)41-58-37-52(30-47(4)5)36-54(19-3)66(58)82-44-62(78)70-23-27-74(11)12/h17-18,32-39H,1-2,4,6,19-31,40-46H2,3,5,7-16H3,(H,69,77)(H,70,78)(H,71,79)(H,72,80). The van der Waals surface area contributed by atoms with Crippen molar-refractivity contribution in [2.45, 2.75) is 79.1 Å². The lowest BCUT2D eigenvalue weighted by atomic mass is 9.89. The second-order valence-corrected chi connectivity index (χ2v) is 23.0. The number of aryl methyl sites for hydroxylation is 2. The molecule has 84 heavy (non-hydrogen) atoms. The first-order valence-corrected chi connectivity index (χ1v) is 29.2. The topological polar surface area (TPSA) is 166 Å². The summed E-state index contributed by atoms with van der Waals surface area (Å²) in [4.78, 5) is 62.0. The number of nitrogens with one attached hydrogen (secondary N) is 4. The molecule has 0 bridgehead atoms. The number of allylic oxidation sites excluding steroid dienone is 4. The SMILES string of the molecule is C=CCc1cc(C)c(OCC(=O)NCCN(C)C)c(Cc2cc(CC(=C)C)cc(Cc3cc(CC=C)cc(Cc4cc(CC(=C)C)cc(CC)c4OCC(=O)NCCN(C)C)c3OCC(=O)NCCN(C)C)c2OCC(=O)NCCN(C)C)c1. The van der Waals surface area contributed by atoms with Crippen LogP contribution < -0.4 is 40.2 Å². The molecular weight excluding hydrogens is 1060 g/mol. The smallest absolute Gasteiger partial charge is 0.257 e. The zero-order valence-electron chi connectivity index (χ0n) is 52.8. The minimum absolute atomic E-state index is 0.178. The molecule has 16 heteroatoms. The molecule has 0 aliphatic carbocycles. The summed E-state index contributed by atoms with van der Waals surface area (Å²) in [5.41, 5.74) is 12.6. The summed E-state index contributed by atoms with van der Waals surface area (Å²) < 4.78 is 26.6. The van der Waals surface area contributed by atoms with Gasteiger partial charge < -0.3 is 59.8 Å². The molecule has 0 heterocycles. The van der Waals surface area contributed by atoms with Crippen molar-refractivity contribution in [1.82, 2.24) is 40.9 Å². The van der Waals surface area contributed by atoms with Gasteiger partial charge in [-0.1, -0.05) is 91.9 Å². The third kappa shape index (κ3) is 24.5. The van der Waals surface area contributed by atoms with Crippen molar-refractivity contribution in [3.63, 3.8) is 0 Å². The number of hydrogen-bond acceptors (Lipinski definition) is 12. The monoisotopic (exact) mass is 1150 g/mol. The summed E-state index contributed by atoms with van der Waals surface area (Å²) >= 11 is 0. The molecule has 4 N–H and O–H groups in total. The van der Waals surface area contributed by atoms with Crippen LogP contribution in [0.15, 0.2) is 98.1 Å². The first-order chi connectivity index (χ1) is 40.0. The van der Waals surface area contributed by atoms with Crippen LogP contribution in [0.3, 0.4) is 0 Å². The van der Waals surface area contributed by atoms with Crippen LogP contribution in [0.25, 0.3) is 0 Å². The number of carbonyl (C=O) groups excluding carboxylic acids is 4. The van der Waals surface area contributed by atoms with Crippen LogP contribution in [0, 0.1) is 6.92 Å². The van der Waals surface area contributed by atoms with Gasteiger partial charge in [0.1, 0.15) is 23.0 Å². The minimum atomic E-state index is -0.281. The van der Waals surface area contributed by atoms with E-state index in [4.69, 9.17) is 18.9 Å². The van der Waals surface area contributed by atoms with Gasteiger partial charge in [0, 0.05) is 71.6 Å². The molecule has 0 spiro atoms. The van der Waals surface area contributed by atoms with E-state index >= 15 is 0 Å². The van der Waals surface area contributed by atoms with E-state index in [1.165, 1.54) is 0 Å². The van der Waals surface area contributed by atoms with Gasteiger partial charge in [0.25, 0.3) is 23.6 Å². The van der Waals surface area contributed by atoms with Crippen LogP contribution in [0.2, 0.25) is 0 Å². The van der Waals surface area contributed by atoms with E-state index < -0.39 is 0 Å². The Kier molecular flexibility index (Phi) is 29.5. The summed E-state index contributed by atoms with van der Waals surface area (Å²) in [5, 5.41) is 12.0. The van der Waals surface area contributed by atoms with Crippen molar-refractivity contribution in [3.8, 4) is 23.0 Å². The van der Waals surface area contributed by atoms with E-state index in [0.717, 1.165) is 77.9 Å². The van der Waals surface area contributed by atoms with Gasteiger partial charge in [-0.2, -0.15) is 0 Å². The van der Waals surface area contributed by atoms with E-state index in [1.54, 1.807) is 0 Å². The Balaban J connectivity index is 2.05. The molecule has 0 aromatic heterocycles. The van der Waals surface area contributed by atoms with E-state index in [1.807, 2.05) is 109 Å². The Bertz CT molecular complexity index is 2890. The number of amides is 4. The average molecular weight is 1160 g/mol. The van der Waals surface area contributed by atoms with Crippen LogP contribution in [0.4, 0.5) is 0 Å². The van der Waals surface area contributed by atoms with Crippen LogP contribution in [-0.2, 0) is 70.5 Å². The summed E-state index contributed by atoms with van der Waals surface area (Å²) in [6, 6.07) is 16.8. The van der Waals surface area contributed by atoms with Crippen molar-refractivity contribution in [3.05, 3.63) is 165 Å². The number of likely N-dealkylation sites (N-methyl/N-ethyl adjacent to an activating group) is 4. The lowest BCUT2D eigenvalue weighted by molar-refractivity contribution is -0.123. The molecule has 0 unspecified atom stereocenters. The lowest BCUT2D eigenvalue weighted by Crippen LogP contribution is -2.34. The Morgan fingerprint density at radius 2 is 0.690 bits per heavy atom. The van der Waals surface area contributed by atoms with Crippen LogP contribution in [-0.4, -0.2) is 178 Å². The van der Waals surface area contributed by atoms with Gasteiger partial charge in [-0.3, -0.25) is 19.2 Å². The fraction of sp³-hybridized carbons (Fsp3) is 0.471. The number of nitrogens with zero attached hydrogens (tertiary/aromatic N) is 4. The van der Waals surface area contributed by atoms with Crippen molar-refractivity contribution >= 4 is 23.6 Å². The van der Waals surface area contributed by atoms with Gasteiger partial charge in [-0.15, -0.1) is 13.2 Å². The highest BCUT2D eigenvalue weighted by molar-refractivity contribution is 5.79. The van der Waals surface area contributed by atoms with Gasteiger partial charge >= 0.3 is 0 Å². The third-order valence-electron chi connectivity index (χ3n) is 13.5. The molecular formula is C68H98N8O8. The number of ether oxygens (including phenoxy) is 4. The predicted molar refractivity (Wildman–Crippen MR) is 341 cm³/mol. The highest BCUT2D eigenvalue weighted by atomic mass is 16.5. The lowest BCUT2D eigenvalue weighted by Gasteiger charge is -2.23. The molecule has 0 fully saturated rings. The Hall–Kier alpha value is -7.24. The Morgan fingerprint density at radius 1 is 0.429 bits per heavy atom. The van der Waals surface area contributed by atoms with Crippen LogP contribution in [0.1, 0.15) is 87.5 Å². The molecule has 0 radical (unpaired) electrons. The first-order valence-electron chi connectivity index (χ1n) is 29.2. The molecule has 0 aliphatic rings. The quantitative estimate of drug-likeness (QED) is 0.0332. The normalized spacial score (nSPS) is 11.2. The molecule has 0 saturated heterocycles. The highest BCUT2D eigenvalue weighted by Gasteiger charge is 2.24. The van der Waals surface area contributed by atoms with Crippen LogP contribution >= 0.6 is 0 Å². The number of rotatable bonds is 39. The molecule has 0 aliphatic heterocycles. The molecule has 458 valence electrons. The maximum atomic E-state index is 13.8. The van der Waals surface area contributed by atoms with Crippen molar-refractivity contribution in [2.24, 2.45) is 0 Å². The zero-order valence-corrected chi connectivity index (χ0v) is 52.8. The van der Waals surface area contributed by atoms with Crippen molar-refractivity contribution in [2.75, 3.05) is 135 Å². The van der Waals surface area contributed by atoms with Gasteiger partial charge in [0.05, 0.1) is 0 Å². The van der Waals surface area contributed by atoms with Gasteiger partial charge in [-0.25, -0.2) is 0 Å². The summed E-state index contributed by atoms with van der Waals surface area (Å²) in [5.74, 6) is 1.19. The van der Waals surface area contributed by atoms with E-state index in [-0.39, 0.29) is 56.5 Å². The van der Waals surface area contributed by atoms with Crippen LogP contribution in [0.5, 0.6) is 23.0 Å². The second-order valence-electron chi connectivity index (χ2n) is 23.0. The maximum Gasteiger partial charge on any atom is 0.257 e. The molecule has 4 aromatic carbocycles. The van der Waals surface area contributed by atoms with E-state index in [0.29, 0.717) is 120 Å². The highest BCUT2D eigenvalue weighted by Crippen LogP contribution is 2.39. The minimum Gasteiger partial charge on any atom is -0.483 e. The molecule has 4 amide bonds. The number of benzene rings is 4. The molecule has 0 atom stereocenters. The maximum absolute atomic E-state index is 13.8. The average Bonchev–Trinajstić information content (AvgIpc) is 1.86. The van der Waals surface area contributed by atoms with Crippen molar-refractivity contribution in [1.29, 1.82) is 0 Å². The largest absolute Gasteiger partial charge is 0.483 e. The summed E-state index contributed by atoms with van der Waals surface area (Å²) in [6.07, 6.45) is 7.56. The van der Waals surface area contributed by atoms with Gasteiger partial charge in [0.15, 0.2) is 26.4 Å². The predicted octanol–water partition coefficient (Wildman–Crippen LogP) is 7.25. The molecule has 0 saturated carbocycles. The number of hydrogen-bond donors (Lipinski definition) is 4. The summed E-state index contributed by atoms with van der Waals surface area (Å²) in [6.45, 7) is 28.3. The molecule has 4 aromatic rings. The van der Waals surface area contributed by atoms with Crippen molar-refractivity contribution < 1.29 is 38.1 Å². The third-order valence-corrected chi connectivity index (χ3v) is 13.5. The molecule has 4 rings (SSSR count).